The van der Waals surface area contributed by atoms with E-state index in [0.29, 0.717) is 43.2 Å². The molecule has 0 fully saturated rings. The first kappa shape index (κ1) is 35.6. The topological polar surface area (TPSA) is 119 Å². The molecule has 0 bridgehead atoms. The molecule has 268 valence electrons. The molecule has 1 unspecified atom stereocenters. The molecule has 0 aromatic heterocycles. The Balaban J connectivity index is 0.949. The molecule has 5 aromatic rings. The SMILES string of the molecule is COC(=O)[C@H](Cc1ccc(-c2ccc(C#N)cc2)cc1)NC(=O)[C@@H]1Cc2cc3c(cc2CN1)OC(c1ccc(OCc2ccc(C)c(Cl)c2)cc1)CO3. The van der Waals surface area contributed by atoms with E-state index in [0.717, 1.165) is 55.3 Å². The molecule has 53 heavy (non-hydrogen) atoms. The van der Waals surface area contributed by atoms with Gasteiger partial charge in [0, 0.05) is 18.0 Å². The molecule has 2 aliphatic heterocycles. The lowest BCUT2D eigenvalue weighted by atomic mass is 9.94. The molecule has 2 heterocycles. The van der Waals surface area contributed by atoms with Gasteiger partial charge in [-0.05, 0) is 100 Å². The minimum absolute atomic E-state index is 0.272. The molecule has 3 atom stereocenters. The van der Waals surface area contributed by atoms with E-state index in [2.05, 4.69) is 16.7 Å². The van der Waals surface area contributed by atoms with Gasteiger partial charge in [-0.2, -0.15) is 5.26 Å². The predicted molar refractivity (Wildman–Crippen MR) is 201 cm³/mol. The van der Waals surface area contributed by atoms with Crippen molar-refractivity contribution in [2.45, 2.75) is 51.1 Å². The van der Waals surface area contributed by atoms with Crippen molar-refractivity contribution < 1.29 is 28.5 Å². The summed E-state index contributed by atoms with van der Waals surface area (Å²) in [5.41, 5.74) is 8.43. The van der Waals surface area contributed by atoms with Crippen molar-refractivity contribution in [3.8, 4) is 34.4 Å². The molecule has 7 rings (SSSR count). The second-order valence-electron chi connectivity index (χ2n) is 13.2. The van der Waals surface area contributed by atoms with Crippen LogP contribution in [0.25, 0.3) is 11.1 Å². The monoisotopic (exact) mass is 727 g/mol. The van der Waals surface area contributed by atoms with Crippen molar-refractivity contribution >= 4 is 23.5 Å². The lowest BCUT2D eigenvalue weighted by Gasteiger charge is -2.31. The fourth-order valence-corrected chi connectivity index (χ4v) is 6.72. The van der Waals surface area contributed by atoms with Crippen LogP contribution in [0.4, 0.5) is 0 Å². The van der Waals surface area contributed by atoms with Gasteiger partial charge < -0.3 is 29.6 Å². The summed E-state index contributed by atoms with van der Waals surface area (Å²) in [5.74, 6) is 1.22. The average molecular weight is 728 g/mol. The lowest BCUT2D eigenvalue weighted by Crippen LogP contribution is -2.53. The Kier molecular flexibility index (Phi) is 10.6. The van der Waals surface area contributed by atoms with Crippen molar-refractivity contribution in [1.82, 2.24) is 10.6 Å². The summed E-state index contributed by atoms with van der Waals surface area (Å²) in [5, 5.41) is 16.0. The van der Waals surface area contributed by atoms with E-state index in [1.54, 1.807) is 12.1 Å². The van der Waals surface area contributed by atoms with E-state index in [-0.39, 0.29) is 18.4 Å². The molecule has 2 N–H and O–H groups in total. The number of ether oxygens (including phenoxy) is 4. The number of aryl methyl sites for hydroxylation is 1. The molecular weight excluding hydrogens is 690 g/mol. The zero-order valence-corrected chi connectivity index (χ0v) is 30.1. The normalized spacial score (nSPS) is 16.4. The fourth-order valence-electron chi connectivity index (χ4n) is 6.52. The number of methoxy groups -OCH3 is 1. The van der Waals surface area contributed by atoms with Crippen LogP contribution in [-0.2, 0) is 40.3 Å². The second kappa shape index (κ2) is 15.8. The summed E-state index contributed by atoms with van der Waals surface area (Å²) in [6.45, 7) is 3.18. The molecule has 0 aliphatic carbocycles. The zero-order valence-electron chi connectivity index (χ0n) is 29.4. The standard InChI is InChI=1S/C43H38ClN3O6/c1-26-3-4-29(17-36(26)44)24-51-35-15-13-32(14-16-35)41-25-52-39-20-33-19-37(46-23-34(33)21-40(39)53-41)42(48)47-38(43(49)50-2)18-27-5-9-30(10-6-27)31-11-7-28(22-45)8-12-31/h3-17,20-21,37-38,41,46H,18-19,23-25H2,1-2H3,(H,47,48)/t37-,38-,41?/m0/s1. The van der Waals surface area contributed by atoms with E-state index in [1.807, 2.05) is 97.9 Å². The van der Waals surface area contributed by atoms with Crippen molar-refractivity contribution in [3.63, 3.8) is 0 Å². The van der Waals surface area contributed by atoms with E-state index in [9.17, 15) is 9.59 Å². The van der Waals surface area contributed by atoms with E-state index in [1.165, 1.54) is 7.11 Å². The quantitative estimate of drug-likeness (QED) is 0.145. The number of esters is 1. The maximum absolute atomic E-state index is 13.5. The Morgan fingerprint density at radius 1 is 0.925 bits per heavy atom. The van der Waals surface area contributed by atoms with Gasteiger partial charge in [-0.15, -0.1) is 0 Å². The van der Waals surface area contributed by atoms with Crippen LogP contribution in [0.5, 0.6) is 17.2 Å². The van der Waals surface area contributed by atoms with Gasteiger partial charge in [-0.1, -0.05) is 72.3 Å². The highest BCUT2D eigenvalue weighted by Gasteiger charge is 2.31. The van der Waals surface area contributed by atoms with E-state index >= 15 is 0 Å². The van der Waals surface area contributed by atoms with Crippen molar-refractivity contribution in [2.24, 2.45) is 0 Å². The van der Waals surface area contributed by atoms with Crippen molar-refractivity contribution in [3.05, 3.63) is 147 Å². The summed E-state index contributed by atoms with van der Waals surface area (Å²) in [6, 6.07) is 33.5. The molecule has 0 saturated carbocycles. The molecule has 0 radical (unpaired) electrons. The van der Waals surface area contributed by atoms with Gasteiger partial charge in [0.25, 0.3) is 0 Å². The maximum atomic E-state index is 13.5. The summed E-state index contributed by atoms with van der Waals surface area (Å²) in [6.07, 6.45) is 0.404. The van der Waals surface area contributed by atoms with Crippen molar-refractivity contribution in [2.75, 3.05) is 13.7 Å². The van der Waals surface area contributed by atoms with Crippen LogP contribution in [0.3, 0.4) is 0 Å². The van der Waals surface area contributed by atoms with Gasteiger partial charge in [0.05, 0.1) is 24.8 Å². The Bertz CT molecular complexity index is 2160. The number of hydrogen-bond donors (Lipinski definition) is 2. The van der Waals surface area contributed by atoms with Crippen LogP contribution >= 0.6 is 11.6 Å². The Hall–Kier alpha value is -5.82. The number of nitriles is 1. The number of halogens is 1. The van der Waals surface area contributed by atoms with Gasteiger partial charge in [0.2, 0.25) is 5.91 Å². The van der Waals surface area contributed by atoms with Gasteiger partial charge in [-0.25, -0.2) is 4.79 Å². The first-order chi connectivity index (χ1) is 25.8. The van der Waals surface area contributed by atoms with E-state index in [4.69, 9.17) is 35.8 Å². The molecule has 1 amide bonds. The molecule has 0 spiro atoms. The largest absolute Gasteiger partial charge is 0.489 e. The number of carbonyl (C=O) groups excluding carboxylic acids is 2. The molecule has 2 aliphatic rings. The number of rotatable bonds is 10. The van der Waals surface area contributed by atoms with Crippen LogP contribution in [0.15, 0.2) is 103 Å². The predicted octanol–water partition coefficient (Wildman–Crippen LogP) is 7.19. The van der Waals surface area contributed by atoms with Crippen LogP contribution in [0, 0.1) is 18.3 Å². The number of benzene rings is 5. The van der Waals surface area contributed by atoms with Crippen LogP contribution in [0.2, 0.25) is 5.02 Å². The molecule has 9 nitrogen and oxygen atoms in total. The number of hydrogen-bond acceptors (Lipinski definition) is 8. The Morgan fingerprint density at radius 2 is 1.62 bits per heavy atom. The van der Waals surface area contributed by atoms with Gasteiger partial charge in [0.15, 0.2) is 17.6 Å². The van der Waals surface area contributed by atoms with Crippen LogP contribution < -0.4 is 24.8 Å². The Morgan fingerprint density at radius 3 is 2.32 bits per heavy atom. The smallest absolute Gasteiger partial charge is 0.328 e. The third kappa shape index (κ3) is 8.30. The summed E-state index contributed by atoms with van der Waals surface area (Å²) in [7, 11) is 1.31. The average Bonchev–Trinajstić information content (AvgIpc) is 3.20. The van der Waals surface area contributed by atoms with Gasteiger partial charge in [0.1, 0.15) is 25.0 Å². The zero-order chi connectivity index (χ0) is 36.9. The molecule has 0 saturated heterocycles. The maximum Gasteiger partial charge on any atom is 0.328 e. The number of nitrogens with zero attached hydrogens (tertiary/aromatic N) is 1. The van der Waals surface area contributed by atoms with Gasteiger partial charge in [-0.3, -0.25) is 4.79 Å². The van der Waals surface area contributed by atoms with Gasteiger partial charge >= 0.3 is 5.97 Å². The lowest BCUT2D eigenvalue weighted by molar-refractivity contribution is -0.145. The van der Waals surface area contributed by atoms with Crippen LogP contribution in [-0.4, -0.2) is 37.7 Å². The third-order valence-electron chi connectivity index (χ3n) is 9.64. The first-order valence-corrected chi connectivity index (χ1v) is 17.8. The number of nitrogens with one attached hydrogen (secondary N) is 2. The summed E-state index contributed by atoms with van der Waals surface area (Å²) >= 11 is 6.25. The summed E-state index contributed by atoms with van der Waals surface area (Å²) in [4.78, 5) is 26.3. The molecular formula is C43H38ClN3O6. The highest BCUT2D eigenvalue weighted by atomic mass is 35.5. The molecule has 5 aromatic carbocycles. The number of amides is 1. The highest BCUT2D eigenvalue weighted by Crippen LogP contribution is 2.40. The second-order valence-corrected chi connectivity index (χ2v) is 13.6. The van der Waals surface area contributed by atoms with Crippen molar-refractivity contribution in [1.29, 1.82) is 5.26 Å². The summed E-state index contributed by atoms with van der Waals surface area (Å²) < 4.78 is 23.6. The third-order valence-corrected chi connectivity index (χ3v) is 10.0. The minimum Gasteiger partial charge on any atom is -0.489 e. The minimum atomic E-state index is -0.860. The number of carbonyl (C=O) groups is 2. The van der Waals surface area contributed by atoms with E-state index < -0.39 is 18.1 Å². The first-order valence-electron chi connectivity index (χ1n) is 17.4. The van der Waals surface area contributed by atoms with Crippen LogP contribution in [0.1, 0.15) is 45.0 Å². The highest BCUT2D eigenvalue weighted by molar-refractivity contribution is 6.31. The fraction of sp³-hybridized carbons (Fsp3) is 0.233. The number of fused-ring (bicyclic) bond motifs is 2. The Labute approximate surface area is 313 Å². The molecule has 10 heteroatoms.